The highest BCUT2D eigenvalue weighted by molar-refractivity contribution is 7.86. The van der Waals surface area contributed by atoms with Crippen molar-refractivity contribution in [3.05, 3.63) is 35.9 Å². The summed E-state index contributed by atoms with van der Waals surface area (Å²) in [7, 11) is -3.73. The first-order valence-corrected chi connectivity index (χ1v) is 9.51. The Morgan fingerprint density at radius 3 is 2.27 bits per heavy atom. The minimum absolute atomic E-state index is 0.109. The van der Waals surface area contributed by atoms with E-state index in [0.717, 1.165) is 6.42 Å². The van der Waals surface area contributed by atoms with E-state index in [2.05, 4.69) is 0 Å². The SMILES string of the molecule is CCCCS(=O)(=O)OCC(O)(CC(Cl)(Cl)Cl)c1ccccc1. The van der Waals surface area contributed by atoms with Crippen LogP contribution in [0.5, 0.6) is 0 Å². The van der Waals surface area contributed by atoms with Gasteiger partial charge in [-0.05, 0) is 12.0 Å². The van der Waals surface area contributed by atoms with Gasteiger partial charge in [0.05, 0.1) is 12.4 Å². The molecule has 22 heavy (non-hydrogen) atoms. The molecule has 1 N–H and O–H groups in total. The Kier molecular flexibility index (Phi) is 7.43. The average Bonchev–Trinajstić information content (AvgIpc) is 2.43. The van der Waals surface area contributed by atoms with Gasteiger partial charge in [0.2, 0.25) is 0 Å². The highest BCUT2D eigenvalue weighted by atomic mass is 35.6. The van der Waals surface area contributed by atoms with Crippen molar-refractivity contribution in [3.63, 3.8) is 0 Å². The first-order valence-electron chi connectivity index (χ1n) is 6.80. The van der Waals surface area contributed by atoms with Crippen LogP contribution in [0.4, 0.5) is 0 Å². The van der Waals surface area contributed by atoms with E-state index in [0.29, 0.717) is 12.0 Å². The molecule has 0 radical (unpaired) electrons. The molecule has 0 spiro atoms. The lowest BCUT2D eigenvalue weighted by Gasteiger charge is -2.31. The first kappa shape index (κ1) is 20.0. The van der Waals surface area contributed by atoms with Crippen LogP contribution in [-0.4, -0.2) is 29.7 Å². The molecule has 4 nitrogen and oxygen atoms in total. The number of hydrogen-bond acceptors (Lipinski definition) is 4. The molecule has 1 atom stereocenters. The van der Waals surface area contributed by atoms with Crippen molar-refractivity contribution in [2.75, 3.05) is 12.4 Å². The van der Waals surface area contributed by atoms with Crippen molar-refractivity contribution >= 4 is 44.9 Å². The molecule has 0 fully saturated rings. The van der Waals surface area contributed by atoms with Crippen molar-refractivity contribution in [3.8, 4) is 0 Å². The van der Waals surface area contributed by atoms with Crippen molar-refractivity contribution in [1.29, 1.82) is 0 Å². The van der Waals surface area contributed by atoms with Crippen molar-refractivity contribution in [2.45, 2.75) is 35.6 Å². The van der Waals surface area contributed by atoms with E-state index in [-0.39, 0.29) is 12.2 Å². The molecule has 0 saturated carbocycles. The van der Waals surface area contributed by atoms with Crippen molar-refractivity contribution < 1.29 is 17.7 Å². The predicted octanol–water partition coefficient (Wildman–Crippen LogP) is 3.78. The van der Waals surface area contributed by atoms with Crippen LogP contribution in [-0.2, 0) is 19.9 Å². The van der Waals surface area contributed by atoms with Gasteiger partial charge in [-0.1, -0.05) is 78.5 Å². The lowest BCUT2D eigenvalue weighted by Crippen LogP contribution is -2.37. The van der Waals surface area contributed by atoms with Gasteiger partial charge in [0.1, 0.15) is 5.60 Å². The van der Waals surface area contributed by atoms with Gasteiger partial charge in [-0.3, -0.25) is 4.18 Å². The number of alkyl halides is 3. The van der Waals surface area contributed by atoms with Crippen molar-refractivity contribution in [1.82, 2.24) is 0 Å². The Bertz CT molecular complexity index is 557. The van der Waals surface area contributed by atoms with Crippen LogP contribution in [0.25, 0.3) is 0 Å². The van der Waals surface area contributed by atoms with Gasteiger partial charge < -0.3 is 5.11 Å². The zero-order chi connectivity index (χ0) is 16.9. The number of aliphatic hydroxyl groups is 1. The van der Waals surface area contributed by atoms with Gasteiger partial charge in [-0.15, -0.1) is 0 Å². The third kappa shape index (κ3) is 7.02. The molecule has 0 bridgehead atoms. The Hall–Kier alpha value is -0.0400. The van der Waals surface area contributed by atoms with E-state index in [1.54, 1.807) is 30.3 Å². The van der Waals surface area contributed by atoms with Crippen LogP contribution in [0.3, 0.4) is 0 Å². The smallest absolute Gasteiger partial charge is 0.267 e. The topological polar surface area (TPSA) is 63.6 Å². The minimum atomic E-state index is -3.73. The quantitative estimate of drug-likeness (QED) is 0.543. The summed E-state index contributed by atoms with van der Waals surface area (Å²) in [5.41, 5.74) is -1.29. The van der Waals surface area contributed by atoms with Gasteiger partial charge in [0, 0.05) is 6.42 Å². The molecule has 1 rings (SSSR count). The molecule has 0 saturated heterocycles. The summed E-state index contributed by atoms with van der Waals surface area (Å²) in [5, 5.41) is 10.8. The summed E-state index contributed by atoms with van der Waals surface area (Å²) >= 11 is 17.3. The maximum Gasteiger partial charge on any atom is 0.267 e. The van der Waals surface area contributed by atoms with E-state index in [4.69, 9.17) is 39.0 Å². The fourth-order valence-electron chi connectivity index (χ4n) is 1.88. The third-order valence-electron chi connectivity index (χ3n) is 3.03. The van der Waals surface area contributed by atoms with Gasteiger partial charge in [0.25, 0.3) is 10.1 Å². The van der Waals surface area contributed by atoms with Gasteiger partial charge >= 0.3 is 0 Å². The summed E-state index contributed by atoms with van der Waals surface area (Å²) in [6.45, 7) is 1.37. The zero-order valence-electron chi connectivity index (χ0n) is 12.1. The van der Waals surface area contributed by atoms with Crippen LogP contribution in [0.15, 0.2) is 30.3 Å². The first-order chi connectivity index (χ1) is 10.1. The highest BCUT2D eigenvalue weighted by Crippen LogP contribution is 2.40. The molecule has 0 aromatic heterocycles. The van der Waals surface area contributed by atoms with Gasteiger partial charge in [-0.2, -0.15) is 8.42 Å². The molecule has 0 amide bonds. The Labute approximate surface area is 146 Å². The highest BCUT2D eigenvalue weighted by Gasteiger charge is 2.39. The van der Waals surface area contributed by atoms with E-state index in [9.17, 15) is 13.5 Å². The summed E-state index contributed by atoms with van der Waals surface area (Å²) in [4.78, 5) is 0. The molecule has 1 unspecified atom stereocenters. The zero-order valence-corrected chi connectivity index (χ0v) is 15.2. The number of unbranched alkanes of at least 4 members (excludes halogenated alkanes) is 1. The lowest BCUT2D eigenvalue weighted by atomic mass is 9.92. The van der Waals surface area contributed by atoms with Crippen LogP contribution in [0.1, 0.15) is 31.7 Å². The maximum absolute atomic E-state index is 11.8. The van der Waals surface area contributed by atoms with E-state index >= 15 is 0 Å². The Morgan fingerprint density at radius 2 is 1.77 bits per heavy atom. The predicted molar refractivity (Wildman–Crippen MR) is 89.9 cm³/mol. The summed E-state index contributed by atoms with van der Waals surface area (Å²) in [6.07, 6.45) is 0.911. The second kappa shape index (κ2) is 8.18. The summed E-state index contributed by atoms with van der Waals surface area (Å²) < 4.78 is 26.8. The Balaban J connectivity index is 2.93. The Morgan fingerprint density at radius 1 is 1.18 bits per heavy atom. The number of halogens is 3. The molecule has 8 heteroatoms. The van der Waals surface area contributed by atoms with Crippen LogP contribution in [0.2, 0.25) is 0 Å². The summed E-state index contributed by atoms with van der Waals surface area (Å²) in [5.74, 6) is -0.109. The second-order valence-corrected chi connectivity index (χ2v) is 9.34. The second-order valence-electron chi connectivity index (χ2n) is 5.07. The van der Waals surface area contributed by atoms with Gasteiger partial charge in [0.15, 0.2) is 3.79 Å². The number of hydrogen-bond donors (Lipinski definition) is 1. The molecular weight excluding hydrogens is 371 g/mol. The molecule has 126 valence electrons. The monoisotopic (exact) mass is 388 g/mol. The third-order valence-corrected chi connectivity index (χ3v) is 4.70. The standard InChI is InChI=1S/C14H19Cl3O4S/c1-2-3-9-22(19,20)21-11-13(18,10-14(15,16)17)12-7-5-4-6-8-12/h4-8,18H,2-3,9-11H2,1H3. The number of benzene rings is 1. The molecule has 1 aromatic rings. The van der Waals surface area contributed by atoms with Crippen LogP contribution >= 0.6 is 34.8 Å². The molecule has 0 aliphatic rings. The van der Waals surface area contributed by atoms with Crippen molar-refractivity contribution in [2.24, 2.45) is 0 Å². The van der Waals surface area contributed by atoms with E-state index in [1.165, 1.54) is 0 Å². The molecule has 0 heterocycles. The molecular formula is C14H19Cl3O4S. The maximum atomic E-state index is 11.8. The normalized spacial score (nSPS) is 15.5. The average molecular weight is 390 g/mol. The molecule has 1 aromatic carbocycles. The minimum Gasteiger partial charge on any atom is -0.383 e. The fraction of sp³-hybridized carbons (Fsp3) is 0.571. The summed E-state index contributed by atoms with van der Waals surface area (Å²) in [6, 6.07) is 8.41. The molecule has 0 aliphatic heterocycles. The van der Waals surface area contributed by atoms with E-state index in [1.807, 2.05) is 6.92 Å². The van der Waals surface area contributed by atoms with Crippen LogP contribution in [0, 0.1) is 0 Å². The largest absolute Gasteiger partial charge is 0.383 e. The molecule has 0 aliphatic carbocycles. The lowest BCUT2D eigenvalue weighted by molar-refractivity contribution is -0.0141. The fourth-order valence-corrected chi connectivity index (χ4v) is 3.68. The van der Waals surface area contributed by atoms with Crippen LogP contribution < -0.4 is 0 Å². The van der Waals surface area contributed by atoms with Gasteiger partial charge in [-0.25, -0.2) is 0 Å². The number of rotatable bonds is 8. The van der Waals surface area contributed by atoms with E-state index < -0.39 is 26.1 Å².